The van der Waals surface area contributed by atoms with Gasteiger partial charge in [0.05, 0.1) is 11.7 Å². The fraction of sp³-hybridized carbons (Fsp3) is 0.526. The van der Waals surface area contributed by atoms with E-state index in [1.54, 1.807) is 0 Å². The van der Waals surface area contributed by atoms with E-state index in [4.69, 9.17) is 0 Å². The molecule has 23 heavy (non-hydrogen) atoms. The van der Waals surface area contributed by atoms with E-state index in [1.807, 2.05) is 9.13 Å². The zero-order valence-corrected chi connectivity index (χ0v) is 13.9. The predicted molar refractivity (Wildman–Crippen MR) is 90.5 cm³/mol. The minimum Gasteiger partial charge on any atom is -0.301 e. The second-order valence-corrected chi connectivity index (χ2v) is 7.61. The number of hydrogen-bond acceptors (Lipinski definition) is 2. The molecule has 0 saturated carbocycles. The van der Waals surface area contributed by atoms with Crippen molar-refractivity contribution in [3.63, 3.8) is 0 Å². The first-order valence-corrected chi connectivity index (χ1v) is 8.77. The van der Waals surface area contributed by atoms with Crippen molar-refractivity contribution in [3.8, 4) is 5.69 Å². The standard InChI is InChI=1S/C19H23N3O/c1-12-7-13(2)16-9-15-10-21(19(23)22(15)17(16)8-12)18-11-20-5-3-14(18)4-6-20/h7-8,10,14,18H,3-6,9,11H2,1-2H3. The maximum absolute atomic E-state index is 13.1. The molecule has 1 unspecified atom stereocenters. The van der Waals surface area contributed by atoms with Crippen LogP contribution in [0, 0.1) is 19.8 Å². The Morgan fingerprint density at radius 2 is 1.91 bits per heavy atom. The molecule has 6 rings (SSSR count). The lowest BCUT2D eigenvalue weighted by Crippen LogP contribution is -2.49. The number of aryl methyl sites for hydroxylation is 2. The summed E-state index contributed by atoms with van der Waals surface area (Å²) in [7, 11) is 0. The Bertz CT molecular complexity index is 852. The van der Waals surface area contributed by atoms with Crippen LogP contribution in [-0.4, -0.2) is 33.7 Å². The molecular formula is C19H23N3O. The van der Waals surface area contributed by atoms with Crippen molar-refractivity contribution in [1.29, 1.82) is 0 Å². The SMILES string of the molecule is Cc1cc(C)c2c(c1)-n1c(cn(C3CN4CCC3CC4)c1=O)C2. The molecule has 2 aromatic rings. The van der Waals surface area contributed by atoms with E-state index in [2.05, 4.69) is 37.1 Å². The summed E-state index contributed by atoms with van der Waals surface area (Å²) in [5.74, 6) is 0.680. The Morgan fingerprint density at radius 1 is 1.13 bits per heavy atom. The molecule has 0 aliphatic carbocycles. The second kappa shape index (κ2) is 4.60. The Hall–Kier alpha value is -1.81. The van der Waals surface area contributed by atoms with E-state index in [-0.39, 0.29) is 5.69 Å². The Balaban J connectivity index is 1.63. The van der Waals surface area contributed by atoms with Gasteiger partial charge in [0.25, 0.3) is 0 Å². The van der Waals surface area contributed by atoms with Crippen LogP contribution >= 0.6 is 0 Å². The third-order valence-electron chi connectivity index (χ3n) is 6.16. The van der Waals surface area contributed by atoms with Gasteiger partial charge in [-0.3, -0.25) is 9.13 Å². The number of piperidine rings is 3. The minimum absolute atomic E-state index is 0.169. The molecule has 0 N–H and O–H groups in total. The molecule has 0 spiro atoms. The van der Waals surface area contributed by atoms with Crippen LogP contribution in [0.5, 0.6) is 0 Å². The number of benzene rings is 1. The smallest absolute Gasteiger partial charge is 0.301 e. The van der Waals surface area contributed by atoms with Gasteiger partial charge in [-0.1, -0.05) is 6.07 Å². The number of rotatable bonds is 1. The lowest BCUT2D eigenvalue weighted by Gasteiger charge is -2.44. The summed E-state index contributed by atoms with van der Waals surface area (Å²) in [6.07, 6.45) is 5.52. The summed E-state index contributed by atoms with van der Waals surface area (Å²) in [4.78, 5) is 15.6. The Labute approximate surface area is 136 Å². The Morgan fingerprint density at radius 3 is 2.61 bits per heavy atom. The van der Waals surface area contributed by atoms with E-state index in [9.17, 15) is 4.79 Å². The highest BCUT2D eigenvalue weighted by Gasteiger charge is 2.37. The first kappa shape index (κ1) is 13.6. The van der Waals surface area contributed by atoms with E-state index >= 15 is 0 Å². The molecule has 3 fully saturated rings. The maximum atomic E-state index is 13.1. The molecule has 4 heteroatoms. The predicted octanol–water partition coefficient (Wildman–Crippen LogP) is 2.43. The van der Waals surface area contributed by atoms with Crippen molar-refractivity contribution in [2.24, 2.45) is 5.92 Å². The summed E-state index contributed by atoms with van der Waals surface area (Å²) in [6.45, 7) is 7.74. The van der Waals surface area contributed by atoms with Crippen LogP contribution in [0.2, 0.25) is 0 Å². The quantitative estimate of drug-likeness (QED) is 0.691. The Kier molecular flexibility index (Phi) is 2.72. The van der Waals surface area contributed by atoms with Gasteiger partial charge < -0.3 is 4.90 Å². The van der Waals surface area contributed by atoms with Gasteiger partial charge in [0.1, 0.15) is 0 Å². The van der Waals surface area contributed by atoms with Crippen LogP contribution < -0.4 is 5.69 Å². The fourth-order valence-electron chi connectivity index (χ4n) is 4.97. The minimum atomic E-state index is 0.169. The summed E-state index contributed by atoms with van der Waals surface area (Å²) in [5.41, 5.74) is 6.30. The zero-order chi connectivity index (χ0) is 15.7. The van der Waals surface area contributed by atoms with Gasteiger partial charge in [-0.05, 0) is 68.5 Å². The topological polar surface area (TPSA) is 30.2 Å². The van der Waals surface area contributed by atoms with Crippen LogP contribution in [0.15, 0.2) is 23.1 Å². The van der Waals surface area contributed by atoms with Gasteiger partial charge in [0.2, 0.25) is 0 Å². The molecule has 0 radical (unpaired) electrons. The van der Waals surface area contributed by atoms with E-state index < -0.39 is 0 Å². The molecule has 1 aromatic carbocycles. The molecule has 3 saturated heterocycles. The van der Waals surface area contributed by atoms with Crippen LogP contribution in [-0.2, 0) is 6.42 Å². The van der Waals surface area contributed by atoms with Crippen LogP contribution in [0.4, 0.5) is 0 Å². The van der Waals surface area contributed by atoms with Gasteiger partial charge in [-0.25, -0.2) is 4.79 Å². The molecule has 120 valence electrons. The lowest BCUT2D eigenvalue weighted by molar-refractivity contribution is 0.0554. The third-order valence-corrected chi connectivity index (χ3v) is 6.16. The molecule has 4 aliphatic heterocycles. The third kappa shape index (κ3) is 1.84. The molecule has 5 heterocycles. The molecule has 1 aromatic heterocycles. The maximum Gasteiger partial charge on any atom is 0.333 e. The van der Waals surface area contributed by atoms with Crippen LogP contribution in [0.3, 0.4) is 0 Å². The molecule has 0 amide bonds. The van der Waals surface area contributed by atoms with Crippen molar-refractivity contribution in [2.75, 3.05) is 19.6 Å². The first-order valence-electron chi connectivity index (χ1n) is 8.77. The van der Waals surface area contributed by atoms with Crippen molar-refractivity contribution >= 4 is 0 Å². The number of hydrogen-bond donors (Lipinski definition) is 0. The van der Waals surface area contributed by atoms with E-state index in [0.717, 1.165) is 24.3 Å². The van der Waals surface area contributed by atoms with Gasteiger partial charge in [0.15, 0.2) is 0 Å². The molecule has 1 atom stereocenters. The average Bonchev–Trinajstić information content (AvgIpc) is 3.06. The lowest BCUT2D eigenvalue weighted by atomic mass is 9.84. The van der Waals surface area contributed by atoms with Crippen molar-refractivity contribution in [2.45, 2.75) is 39.2 Å². The van der Waals surface area contributed by atoms with E-state index in [1.165, 1.54) is 42.6 Å². The summed E-state index contributed by atoms with van der Waals surface area (Å²) >= 11 is 0. The number of imidazole rings is 1. The highest BCUT2D eigenvalue weighted by molar-refractivity contribution is 5.55. The zero-order valence-electron chi connectivity index (χ0n) is 13.9. The number of fused-ring (bicyclic) bond motifs is 6. The largest absolute Gasteiger partial charge is 0.333 e. The monoisotopic (exact) mass is 309 g/mol. The second-order valence-electron chi connectivity index (χ2n) is 7.61. The van der Waals surface area contributed by atoms with Crippen molar-refractivity contribution in [3.05, 3.63) is 51.2 Å². The normalized spacial score (nSPS) is 28.0. The van der Waals surface area contributed by atoms with Gasteiger partial charge in [0, 0.05) is 24.9 Å². The first-order chi connectivity index (χ1) is 11.1. The molecule has 2 bridgehead atoms. The van der Waals surface area contributed by atoms with Crippen molar-refractivity contribution in [1.82, 2.24) is 14.0 Å². The summed E-state index contributed by atoms with van der Waals surface area (Å²) < 4.78 is 4.01. The molecule has 4 aliphatic rings. The molecule has 4 nitrogen and oxygen atoms in total. The number of nitrogens with zero attached hydrogens (tertiary/aromatic N) is 3. The van der Waals surface area contributed by atoms with Crippen LogP contribution in [0.25, 0.3) is 5.69 Å². The summed E-state index contributed by atoms with van der Waals surface area (Å²) in [6, 6.07) is 4.76. The number of aromatic nitrogens is 2. The molecular weight excluding hydrogens is 286 g/mol. The van der Waals surface area contributed by atoms with E-state index in [0.29, 0.717) is 12.0 Å². The summed E-state index contributed by atoms with van der Waals surface area (Å²) in [5, 5.41) is 0. The van der Waals surface area contributed by atoms with Gasteiger partial charge in [-0.2, -0.15) is 0 Å². The fourth-order valence-corrected chi connectivity index (χ4v) is 4.97. The highest BCUT2D eigenvalue weighted by Crippen LogP contribution is 2.36. The van der Waals surface area contributed by atoms with Gasteiger partial charge >= 0.3 is 5.69 Å². The average molecular weight is 309 g/mol. The highest BCUT2D eigenvalue weighted by atomic mass is 16.1. The van der Waals surface area contributed by atoms with Crippen LogP contribution in [0.1, 0.15) is 41.3 Å². The van der Waals surface area contributed by atoms with Gasteiger partial charge in [-0.15, -0.1) is 0 Å². The van der Waals surface area contributed by atoms with Crippen molar-refractivity contribution < 1.29 is 0 Å².